The van der Waals surface area contributed by atoms with Crippen LogP contribution in [0, 0.1) is 5.92 Å². The molecular weight excluding hydrogens is 332 g/mol. The zero-order chi connectivity index (χ0) is 15.2. The Morgan fingerprint density at radius 1 is 1.14 bits per heavy atom. The van der Waals surface area contributed by atoms with E-state index in [1.165, 1.54) is 32.1 Å². The molecule has 0 radical (unpaired) electrons. The number of ketones is 1. The SMILES string of the molecule is COc1cc(Br)c(C(=O)CCC2CCCCC2)cc1OC. The second-order valence-corrected chi connectivity index (χ2v) is 6.51. The summed E-state index contributed by atoms with van der Waals surface area (Å²) >= 11 is 3.46. The summed E-state index contributed by atoms with van der Waals surface area (Å²) in [6.07, 6.45) is 8.16. The van der Waals surface area contributed by atoms with Crippen molar-refractivity contribution in [2.75, 3.05) is 14.2 Å². The van der Waals surface area contributed by atoms with Gasteiger partial charge in [0.1, 0.15) is 0 Å². The summed E-state index contributed by atoms with van der Waals surface area (Å²) in [5, 5.41) is 0. The van der Waals surface area contributed by atoms with Crippen molar-refractivity contribution in [3.05, 3.63) is 22.2 Å². The standard InChI is InChI=1S/C17H23BrO3/c1-20-16-10-13(14(18)11-17(16)21-2)15(19)9-8-12-6-4-3-5-7-12/h10-12H,3-9H2,1-2H3. The van der Waals surface area contributed by atoms with E-state index in [1.807, 2.05) is 0 Å². The monoisotopic (exact) mass is 354 g/mol. The third kappa shape index (κ3) is 4.22. The Balaban J connectivity index is 2.04. The van der Waals surface area contributed by atoms with Crippen LogP contribution in [0.15, 0.2) is 16.6 Å². The summed E-state index contributed by atoms with van der Waals surface area (Å²) in [6, 6.07) is 3.57. The highest BCUT2D eigenvalue weighted by Gasteiger charge is 2.18. The van der Waals surface area contributed by atoms with Crippen molar-refractivity contribution in [3.8, 4) is 11.5 Å². The highest BCUT2D eigenvalue weighted by Crippen LogP contribution is 2.34. The number of carbonyl (C=O) groups is 1. The van der Waals surface area contributed by atoms with E-state index in [4.69, 9.17) is 9.47 Å². The average Bonchev–Trinajstić information content (AvgIpc) is 2.53. The molecule has 0 amide bonds. The van der Waals surface area contributed by atoms with Gasteiger partial charge >= 0.3 is 0 Å². The van der Waals surface area contributed by atoms with Gasteiger partial charge in [-0.25, -0.2) is 0 Å². The minimum Gasteiger partial charge on any atom is -0.493 e. The molecule has 0 unspecified atom stereocenters. The van der Waals surface area contributed by atoms with E-state index in [0.717, 1.165) is 16.8 Å². The third-order valence-corrected chi connectivity index (χ3v) is 4.93. The van der Waals surface area contributed by atoms with Gasteiger partial charge in [-0.15, -0.1) is 0 Å². The molecule has 0 N–H and O–H groups in total. The Kier molecular flexibility index (Phi) is 6.09. The molecule has 3 nitrogen and oxygen atoms in total. The summed E-state index contributed by atoms with van der Waals surface area (Å²) in [6.45, 7) is 0. The second kappa shape index (κ2) is 7.83. The Morgan fingerprint density at radius 3 is 2.38 bits per heavy atom. The van der Waals surface area contributed by atoms with E-state index in [1.54, 1.807) is 26.4 Å². The van der Waals surface area contributed by atoms with Crippen molar-refractivity contribution < 1.29 is 14.3 Å². The van der Waals surface area contributed by atoms with Crippen LogP contribution >= 0.6 is 15.9 Å². The number of halogens is 1. The summed E-state index contributed by atoms with van der Waals surface area (Å²) < 4.78 is 11.3. The van der Waals surface area contributed by atoms with Gasteiger partial charge in [0.15, 0.2) is 17.3 Å². The number of rotatable bonds is 6. The number of ether oxygens (including phenoxy) is 2. The van der Waals surface area contributed by atoms with E-state index >= 15 is 0 Å². The average molecular weight is 355 g/mol. The topological polar surface area (TPSA) is 35.5 Å². The van der Waals surface area contributed by atoms with Crippen molar-refractivity contribution in [2.45, 2.75) is 44.9 Å². The van der Waals surface area contributed by atoms with Crippen molar-refractivity contribution in [3.63, 3.8) is 0 Å². The molecule has 0 heterocycles. The first-order valence-electron chi connectivity index (χ1n) is 7.60. The molecule has 0 aliphatic heterocycles. The van der Waals surface area contributed by atoms with Crippen LogP contribution in [0.1, 0.15) is 55.3 Å². The fraction of sp³-hybridized carbons (Fsp3) is 0.588. The lowest BCUT2D eigenvalue weighted by molar-refractivity contribution is 0.0969. The van der Waals surface area contributed by atoms with Crippen molar-refractivity contribution >= 4 is 21.7 Å². The molecule has 0 saturated heterocycles. The molecule has 0 bridgehead atoms. The van der Waals surface area contributed by atoms with E-state index in [0.29, 0.717) is 23.5 Å². The summed E-state index contributed by atoms with van der Waals surface area (Å²) in [4.78, 5) is 12.4. The maximum absolute atomic E-state index is 12.4. The van der Waals surface area contributed by atoms with Gasteiger partial charge in [0.05, 0.1) is 14.2 Å². The predicted molar refractivity (Wildman–Crippen MR) is 87.4 cm³/mol. The summed E-state index contributed by atoms with van der Waals surface area (Å²) in [7, 11) is 3.18. The first kappa shape index (κ1) is 16.3. The number of hydrogen-bond acceptors (Lipinski definition) is 3. The highest BCUT2D eigenvalue weighted by molar-refractivity contribution is 9.10. The van der Waals surface area contributed by atoms with Gasteiger partial charge in [-0.3, -0.25) is 4.79 Å². The molecule has 2 rings (SSSR count). The first-order valence-corrected chi connectivity index (χ1v) is 8.39. The lowest BCUT2D eigenvalue weighted by atomic mass is 9.85. The van der Waals surface area contributed by atoms with Gasteiger partial charge in [-0.2, -0.15) is 0 Å². The third-order valence-electron chi connectivity index (χ3n) is 4.28. The Bertz CT molecular complexity index is 493. The molecule has 0 spiro atoms. The van der Waals surface area contributed by atoms with E-state index in [2.05, 4.69) is 15.9 Å². The minimum absolute atomic E-state index is 0.174. The molecule has 21 heavy (non-hydrogen) atoms. The highest BCUT2D eigenvalue weighted by atomic mass is 79.9. The van der Waals surface area contributed by atoms with Crippen LogP contribution in [-0.4, -0.2) is 20.0 Å². The van der Waals surface area contributed by atoms with Gasteiger partial charge in [-0.05, 0) is 40.4 Å². The molecule has 4 heteroatoms. The largest absolute Gasteiger partial charge is 0.493 e. The molecular formula is C17H23BrO3. The van der Waals surface area contributed by atoms with Gasteiger partial charge in [0.2, 0.25) is 0 Å². The smallest absolute Gasteiger partial charge is 0.164 e. The molecule has 1 aromatic carbocycles. The lowest BCUT2D eigenvalue weighted by Gasteiger charge is -2.21. The number of Topliss-reactive ketones (excluding diaryl/α,β-unsaturated/α-hetero) is 1. The first-order chi connectivity index (χ1) is 10.2. The Labute approximate surface area is 135 Å². The molecule has 0 aromatic heterocycles. The normalized spacial score (nSPS) is 15.8. The van der Waals surface area contributed by atoms with E-state index < -0.39 is 0 Å². The molecule has 1 aliphatic rings. The number of benzene rings is 1. The van der Waals surface area contributed by atoms with Crippen LogP contribution in [0.4, 0.5) is 0 Å². The van der Waals surface area contributed by atoms with E-state index in [9.17, 15) is 4.79 Å². The van der Waals surface area contributed by atoms with Crippen LogP contribution < -0.4 is 9.47 Å². The van der Waals surface area contributed by atoms with Crippen LogP contribution in [-0.2, 0) is 0 Å². The van der Waals surface area contributed by atoms with Crippen molar-refractivity contribution in [2.24, 2.45) is 5.92 Å². The maximum Gasteiger partial charge on any atom is 0.164 e. The molecule has 1 aliphatic carbocycles. The zero-order valence-electron chi connectivity index (χ0n) is 12.8. The van der Waals surface area contributed by atoms with Crippen LogP contribution in [0.25, 0.3) is 0 Å². The lowest BCUT2D eigenvalue weighted by Crippen LogP contribution is -2.09. The zero-order valence-corrected chi connectivity index (χ0v) is 14.4. The number of hydrogen-bond donors (Lipinski definition) is 0. The van der Waals surface area contributed by atoms with Gasteiger partial charge < -0.3 is 9.47 Å². The van der Waals surface area contributed by atoms with Crippen LogP contribution in [0.2, 0.25) is 0 Å². The van der Waals surface area contributed by atoms with Crippen LogP contribution in [0.3, 0.4) is 0 Å². The summed E-state index contributed by atoms with van der Waals surface area (Å²) in [5.74, 6) is 2.13. The fourth-order valence-corrected chi connectivity index (χ4v) is 3.56. The Morgan fingerprint density at radius 2 is 1.76 bits per heavy atom. The fourth-order valence-electron chi connectivity index (χ4n) is 3.01. The second-order valence-electron chi connectivity index (χ2n) is 5.65. The predicted octanol–water partition coefficient (Wildman–Crippen LogP) is 5.01. The quantitative estimate of drug-likeness (QED) is 0.673. The Hall–Kier alpha value is -1.03. The number of methoxy groups -OCH3 is 2. The molecule has 1 fully saturated rings. The maximum atomic E-state index is 12.4. The molecule has 1 aromatic rings. The molecule has 1 saturated carbocycles. The number of carbonyl (C=O) groups excluding carboxylic acids is 1. The molecule has 0 atom stereocenters. The van der Waals surface area contributed by atoms with Crippen molar-refractivity contribution in [1.29, 1.82) is 0 Å². The van der Waals surface area contributed by atoms with Gasteiger partial charge in [0, 0.05) is 16.5 Å². The van der Waals surface area contributed by atoms with Crippen molar-refractivity contribution in [1.82, 2.24) is 0 Å². The van der Waals surface area contributed by atoms with Gasteiger partial charge in [0.25, 0.3) is 0 Å². The summed E-state index contributed by atoms with van der Waals surface area (Å²) in [5.41, 5.74) is 0.684. The van der Waals surface area contributed by atoms with Gasteiger partial charge in [-0.1, -0.05) is 32.1 Å². The minimum atomic E-state index is 0.174. The van der Waals surface area contributed by atoms with E-state index in [-0.39, 0.29) is 5.78 Å². The molecule has 116 valence electrons. The van der Waals surface area contributed by atoms with Crippen LogP contribution in [0.5, 0.6) is 11.5 Å².